The van der Waals surface area contributed by atoms with Gasteiger partial charge in [-0.25, -0.2) is 9.37 Å². The van der Waals surface area contributed by atoms with Gasteiger partial charge in [0.25, 0.3) is 5.22 Å². The second-order valence-electron chi connectivity index (χ2n) is 3.52. The molecule has 1 rings (SSSR count). The van der Waals surface area contributed by atoms with Gasteiger partial charge in [0.15, 0.2) is 11.6 Å². The molecule has 0 aliphatic heterocycles. The third-order valence-electron chi connectivity index (χ3n) is 2.09. The van der Waals surface area contributed by atoms with Gasteiger partial charge in [0.2, 0.25) is 0 Å². The largest absolute Gasteiger partial charge is 0.430 e. The molecule has 0 radical (unpaired) electrons. The lowest BCUT2D eigenvalue weighted by atomic mass is 10.3. The van der Waals surface area contributed by atoms with Gasteiger partial charge in [0.1, 0.15) is 12.8 Å². The van der Waals surface area contributed by atoms with E-state index in [0.717, 1.165) is 11.8 Å². The molecule has 0 saturated heterocycles. The average molecular weight is 294 g/mol. The lowest BCUT2D eigenvalue weighted by Gasteiger charge is -1.96. The van der Waals surface area contributed by atoms with Crippen LogP contribution in [0.3, 0.4) is 0 Å². The lowest BCUT2D eigenvalue weighted by Crippen LogP contribution is -1.95. The zero-order valence-corrected chi connectivity index (χ0v) is 11.5. The van der Waals surface area contributed by atoms with Gasteiger partial charge in [-0.1, -0.05) is 16.9 Å². The van der Waals surface area contributed by atoms with Crippen LogP contribution in [0.5, 0.6) is 0 Å². The number of aryl methyl sites for hydroxylation is 1. The molecule has 0 atom stereocenters. The number of oxime groups is 1. The Morgan fingerprint density at radius 2 is 2.11 bits per heavy atom. The first kappa shape index (κ1) is 15.6. The van der Waals surface area contributed by atoms with E-state index in [1.165, 1.54) is 7.11 Å². The fraction of sp³-hybridized carbons (Fsp3) is 0.455. The molecule has 1 aromatic rings. The molecule has 0 spiro atoms. The zero-order valence-electron chi connectivity index (χ0n) is 10.7. The SMILES string of the molecule is CO/N=C(\C)c1oc(SCCC(F)=C(F)F)nc1C. The second-order valence-corrected chi connectivity index (χ2v) is 4.56. The van der Waals surface area contributed by atoms with Crippen molar-refractivity contribution in [3.8, 4) is 0 Å². The van der Waals surface area contributed by atoms with E-state index in [1.54, 1.807) is 13.8 Å². The van der Waals surface area contributed by atoms with Crippen LogP contribution in [0, 0.1) is 6.92 Å². The molecule has 0 unspecified atom stereocenters. The van der Waals surface area contributed by atoms with E-state index < -0.39 is 11.9 Å². The third kappa shape index (κ3) is 4.62. The summed E-state index contributed by atoms with van der Waals surface area (Å²) in [4.78, 5) is 8.71. The Morgan fingerprint density at radius 3 is 2.68 bits per heavy atom. The Balaban J connectivity index is 2.65. The van der Waals surface area contributed by atoms with E-state index in [0.29, 0.717) is 17.2 Å². The first-order valence-electron chi connectivity index (χ1n) is 5.33. The molecule has 19 heavy (non-hydrogen) atoms. The van der Waals surface area contributed by atoms with Crippen molar-refractivity contribution in [3.63, 3.8) is 0 Å². The van der Waals surface area contributed by atoms with Crippen LogP contribution in [0.15, 0.2) is 26.7 Å². The highest BCUT2D eigenvalue weighted by Gasteiger charge is 2.14. The van der Waals surface area contributed by atoms with Gasteiger partial charge in [0, 0.05) is 12.2 Å². The molecule has 0 aromatic carbocycles. The topological polar surface area (TPSA) is 47.6 Å². The fourth-order valence-electron chi connectivity index (χ4n) is 1.27. The van der Waals surface area contributed by atoms with Crippen molar-refractivity contribution >= 4 is 17.5 Å². The van der Waals surface area contributed by atoms with Gasteiger partial charge in [0.05, 0.1) is 5.69 Å². The van der Waals surface area contributed by atoms with Crippen molar-refractivity contribution in [1.82, 2.24) is 4.98 Å². The van der Waals surface area contributed by atoms with Crippen LogP contribution >= 0.6 is 11.8 Å². The Bertz CT molecular complexity index is 496. The standard InChI is InChI=1S/C11H13F3N2O2S/c1-6-9(7(2)16-17-3)18-11(15-6)19-5-4-8(12)10(13)14/h4-5H2,1-3H3/b16-7+. The molecule has 0 amide bonds. The highest BCUT2D eigenvalue weighted by molar-refractivity contribution is 7.99. The molecular weight excluding hydrogens is 281 g/mol. The zero-order chi connectivity index (χ0) is 14.4. The van der Waals surface area contributed by atoms with Crippen molar-refractivity contribution in [2.24, 2.45) is 5.16 Å². The molecule has 0 bridgehead atoms. The van der Waals surface area contributed by atoms with E-state index in [4.69, 9.17) is 4.42 Å². The first-order chi connectivity index (χ1) is 8.95. The number of allylic oxidation sites excluding steroid dienone is 1. The minimum Gasteiger partial charge on any atom is -0.430 e. The monoisotopic (exact) mass is 294 g/mol. The molecule has 1 heterocycles. The average Bonchev–Trinajstić information content (AvgIpc) is 2.70. The molecule has 0 fully saturated rings. The minimum absolute atomic E-state index is 0.114. The van der Waals surface area contributed by atoms with Crippen LogP contribution in [0.4, 0.5) is 13.2 Å². The Labute approximate surface area is 112 Å². The number of oxazole rings is 1. The molecule has 106 valence electrons. The summed E-state index contributed by atoms with van der Waals surface area (Å²) in [6, 6.07) is 0. The van der Waals surface area contributed by atoms with E-state index >= 15 is 0 Å². The summed E-state index contributed by atoms with van der Waals surface area (Å²) in [5, 5.41) is 3.99. The van der Waals surface area contributed by atoms with E-state index in [9.17, 15) is 13.2 Å². The van der Waals surface area contributed by atoms with Crippen LogP contribution < -0.4 is 0 Å². The normalized spacial score (nSPS) is 11.6. The number of rotatable bonds is 6. The highest BCUT2D eigenvalue weighted by atomic mass is 32.2. The lowest BCUT2D eigenvalue weighted by molar-refractivity contribution is 0.212. The molecule has 0 aliphatic carbocycles. The maximum atomic E-state index is 12.6. The number of hydrogen-bond acceptors (Lipinski definition) is 5. The molecule has 4 nitrogen and oxygen atoms in total. The van der Waals surface area contributed by atoms with E-state index in [1.807, 2.05) is 0 Å². The summed E-state index contributed by atoms with van der Waals surface area (Å²) in [5.74, 6) is -0.839. The number of aromatic nitrogens is 1. The molecule has 0 N–H and O–H groups in total. The summed E-state index contributed by atoms with van der Waals surface area (Å²) >= 11 is 1.06. The van der Waals surface area contributed by atoms with Crippen LogP contribution in [0.1, 0.15) is 24.8 Å². The molecular formula is C11H13F3N2O2S. The highest BCUT2D eigenvalue weighted by Crippen LogP contribution is 2.24. The Kier molecular flexibility index (Phi) is 5.94. The van der Waals surface area contributed by atoms with Crippen molar-refractivity contribution < 1.29 is 22.4 Å². The summed E-state index contributed by atoms with van der Waals surface area (Å²) < 4.78 is 41.6. The van der Waals surface area contributed by atoms with Gasteiger partial charge in [-0.3, -0.25) is 0 Å². The summed E-state index contributed by atoms with van der Waals surface area (Å²) in [7, 11) is 1.41. The Hall–Kier alpha value is -1.44. The number of thioether (sulfide) groups is 1. The molecule has 8 heteroatoms. The maximum Gasteiger partial charge on any atom is 0.301 e. The summed E-state index contributed by atoms with van der Waals surface area (Å²) in [6.45, 7) is 3.41. The summed E-state index contributed by atoms with van der Waals surface area (Å²) in [6.07, 6.45) is -2.65. The van der Waals surface area contributed by atoms with Crippen LogP contribution in [0.25, 0.3) is 0 Å². The quantitative estimate of drug-likeness (QED) is 0.453. The van der Waals surface area contributed by atoms with Gasteiger partial charge in [-0.2, -0.15) is 8.78 Å². The minimum atomic E-state index is -2.28. The van der Waals surface area contributed by atoms with E-state index in [2.05, 4.69) is 15.0 Å². The molecule has 0 aliphatic rings. The molecule has 1 aromatic heterocycles. The van der Waals surface area contributed by atoms with Gasteiger partial charge < -0.3 is 9.25 Å². The van der Waals surface area contributed by atoms with Crippen LogP contribution in [0.2, 0.25) is 0 Å². The van der Waals surface area contributed by atoms with Crippen molar-refractivity contribution in [2.45, 2.75) is 25.5 Å². The van der Waals surface area contributed by atoms with Crippen molar-refractivity contribution in [3.05, 3.63) is 23.4 Å². The van der Waals surface area contributed by atoms with Crippen LogP contribution in [-0.4, -0.2) is 23.6 Å². The van der Waals surface area contributed by atoms with Crippen molar-refractivity contribution in [2.75, 3.05) is 12.9 Å². The molecule has 0 saturated carbocycles. The number of hydrogen-bond donors (Lipinski definition) is 0. The van der Waals surface area contributed by atoms with Crippen LogP contribution in [-0.2, 0) is 4.84 Å². The fourth-order valence-corrected chi connectivity index (χ4v) is 2.07. The predicted molar refractivity (Wildman–Crippen MR) is 66.2 cm³/mol. The first-order valence-corrected chi connectivity index (χ1v) is 6.32. The maximum absolute atomic E-state index is 12.6. The number of halogens is 3. The third-order valence-corrected chi connectivity index (χ3v) is 2.92. The van der Waals surface area contributed by atoms with Gasteiger partial charge >= 0.3 is 6.08 Å². The van der Waals surface area contributed by atoms with Crippen molar-refractivity contribution in [1.29, 1.82) is 0 Å². The smallest absolute Gasteiger partial charge is 0.301 e. The predicted octanol–water partition coefficient (Wildman–Crippen LogP) is 3.91. The van der Waals surface area contributed by atoms with E-state index in [-0.39, 0.29) is 17.4 Å². The second kappa shape index (κ2) is 7.22. The summed E-state index contributed by atoms with van der Waals surface area (Å²) in [5.41, 5.74) is 1.12. The van der Waals surface area contributed by atoms with Gasteiger partial charge in [-0.15, -0.1) is 0 Å². The Morgan fingerprint density at radius 1 is 1.42 bits per heavy atom. The number of nitrogens with zero attached hydrogens (tertiary/aromatic N) is 2. The van der Waals surface area contributed by atoms with Gasteiger partial charge in [-0.05, 0) is 13.8 Å².